The summed E-state index contributed by atoms with van der Waals surface area (Å²) < 4.78 is 18.3. The Hall–Kier alpha value is -1.62. The van der Waals surface area contributed by atoms with Crippen LogP contribution in [0.1, 0.15) is 37.9 Å². The molecule has 5 heteroatoms. The fourth-order valence-electron chi connectivity index (χ4n) is 1.60. The van der Waals surface area contributed by atoms with Gasteiger partial charge in [0.1, 0.15) is 11.4 Å². The highest BCUT2D eigenvalue weighted by Crippen LogP contribution is 2.14. The lowest BCUT2D eigenvalue weighted by atomic mass is 10.0. The van der Waals surface area contributed by atoms with E-state index < -0.39 is 17.7 Å². The highest BCUT2D eigenvalue weighted by Gasteiger charge is 2.17. The summed E-state index contributed by atoms with van der Waals surface area (Å²) in [6.07, 6.45) is -0.531. The maximum Gasteiger partial charge on any atom is 0.407 e. The van der Waals surface area contributed by atoms with E-state index in [2.05, 4.69) is 5.32 Å². The Kier molecular flexibility index (Phi) is 4.89. The number of benzene rings is 1. The van der Waals surface area contributed by atoms with Gasteiger partial charge in [0.05, 0.1) is 0 Å². The average Bonchev–Trinajstić information content (AvgIpc) is 2.22. The van der Waals surface area contributed by atoms with Crippen LogP contribution in [0.3, 0.4) is 0 Å². The van der Waals surface area contributed by atoms with Crippen molar-refractivity contribution in [1.82, 2.24) is 5.32 Å². The molecule has 0 bridgehead atoms. The van der Waals surface area contributed by atoms with Crippen LogP contribution in [0.2, 0.25) is 0 Å². The minimum atomic E-state index is -0.552. The molecular weight excluding hydrogens is 247 g/mol. The molecule has 1 aromatic carbocycles. The van der Waals surface area contributed by atoms with Gasteiger partial charge in [-0.2, -0.15) is 0 Å². The lowest BCUT2D eigenvalue weighted by Crippen LogP contribution is -2.36. The van der Waals surface area contributed by atoms with Crippen molar-refractivity contribution in [3.63, 3.8) is 0 Å². The molecule has 1 unspecified atom stereocenters. The van der Waals surface area contributed by atoms with E-state index in [1.807, 2.05) is 0 Å². The smallest absolute Gasteiger partial charge is 0.407 e. The van der Waals surface area contributed by atoms with Gasteiger partial charge < -0.3 is 15.8 Å². The van der Waals surface area contributed by atoms with Crippen LogP contribution in [-0.2, 0) is 4.74 Å². The standard InChI is InChI=1S/C14H21FN2O2/c1-9-5-10(7-11(15)6-9)12(16)8-17-13(18)19-14(2,3)4/h5-7,12H,8,16H2,1-4H3,(H,17,18). The normalized spacial score (nSPS) is 12.9. The molecule has 0 saturated carbocycles. The summed E-state index contributed by atoms with van der Waals surface area (Å²) in [5, 5.41) is 2.57. The second kappa shape index (κ2) is 6.02. The molecule has 4 nitrogen and oxygen atoms in total. The van der Waals surface area contributed by atoms with Crippen LogP contribution in [0.5, 0.6) is 0 Å². The largest absolute Gasteiger partial charge is 0.444 e. The summed E-state index contributed by atoms with van der Waals surface area (Å²) in [7, 11) is 0. The first-order valence-corrected chi connectivity index (χ1v) is 6.17. The summed E-state index contributed by atoms with van der Waals surface area (Å²) in [5.41, 5.74) is 6.80. The number of halogens is 1. The molecule has 1 atom stereocenters. The Labute approximate surface area is 113 Å². The zero-order valence-corrected chi connectivity index (χ0v) is 11.8. The van der Waals surface area contributed by atoms with Gasteiger partial charge in [0.2, 0.25) is 0 Å². The molecule has 3 N–H and O–H groups in total. The zero-order valence-electron chi connectivity index (χ0n) is 11.8. The van der Waals surface area contributed by atoms with Crippen LogP contribution in [0.15, 0.2) is 18.2 Å². The molecule has 0 aliphatic heterocycles. The van der Waals surface area contributed by atoms with Gasteiger partial charge in [0.15, 0.2) is 0 Å². The molecule has 0 radical (unpaired) electrons. The number of ether oxygens (including phenoxy) is 1. The minimum Gasteiger partial charge on any atom is -0.444 e. The highest BCUT2D eigenvalue weighted by atomic mass is 19.1. The number of hydrogen-bond acceptors (Lipinski definition) is 3. The zero-order chi connectivity index (χ0) is 14.6. The predicted molar refractivity (Wildman–Crippen MR) is 72.3 cm³/mol. The first kappa shape index (κ1) is 15.4. The lowest BCUT2D eigenvalue weighted by molar-refractivity contribution is 0.0524. The first-order chi connectivity index (χ1) is 8.67. The van der Waals surface area contributed by atoms with Gasteiger partial charge in [0, 0.05) is 12.6 Å². The lowest BCUT2D eigenvalue weighted by Gasteiger charge is -2.21. The third-order valence-electron chi connectivity index (χ3n) is 2.36. The van der Waals surface area contributed by atoms with Crippen LogP contribution in [0, 0.1) is 12.7 Å². The van der Waals surface area contributed by atoms with Gasteiger partial charge in [0.25, 0.3) is 0 Å². The average molecular weight is 268 g/mol. The molecule has 1 aromatic rings. The summed E-state index contributed by atoms with van der Waals surface area (Å²) in [6, 6.07) is 4.12. The van der Waals surface area contributed by atoms with Gasteiger partial charge in [-0.25, -0.2) is 9.18 Å². The second-order valence-corrected chi connectivity index (χ2v) is 5.55. The molecule has 106 valence electrons. The van der Waals surface area contributed by atoms with E-state index in [-0.39, 0.29) is 12.4 Å². The maximum atomic E-state index is 13.2. The number of aryl methyl sites for hydroxylation is 1. The predicted octanol–water partition coefficient (Wildman–Crippen LogP) is 2.66. The molecule has 19 heavy (non-hydrogen) atoms. The molecule has 0 aliphatic carbocycles. The quantitative estimate of drug-likeness (QED) is 0.885. The van der Waals surface area contributed by atoms with Crippen molar-refractivity contribution in [2.75, 3.05) is 6.54 Å². The van der Waals surface area contributed by atoms with Crippen molar-refractivity contribution in [3.8, 4) is 0 Å². The van der Waals surface area contributed by atoms with Crippen LogP contribution in [-0.4, -0.2) is 18.2 Å². The molecule has 0 saturated heterocycles. The SMILES string of the molecule is Cc1cc(F)cc(C(N)CNC(=O)OC(C)(C)C)c1. The van der Waals surface area contributed by atoms with Crippen LogP contribution in [0.25, 0.3) is 0 Å². The van der Waals surface area contributed by atoms with Gasteiger partial charge in [-0.15, -0.1) is 0 Å². The van der Waals surface area contributed by atoms with E-state index in [1.165, 1.54) is 12.1 Å². The van der Waals surface area contributed by atoms with Crippen molar-refractivity contribution in [1.29, 1.82) is 0 Å². The Balaban J connectivity index is 2.56. The number of nitrogens with two attached hydrogens (primary N) is 1. The van der Waals surface area contributed by atoms with E-state index >= 15 is 0 Å². The molecule has 0 aromatic heterocycles. The first-order valence-electron chi connectivity index (χ1n) is 6.17. The van der Waals surface area contributed by atoms with Crippen molar-refractivity contribution in [2.24, 2.45) is 5.73 Å². The topological polar surface area (TPSA) is 64.3 Å². The molecule has 1 rings (SSSR count). The van der Waals surface area contributed by atoms with Crippen molar-refractivity contribution >= 4 is 6.09 Å². The number of carbonyl (C=O) groups is 1. The Bertz CT molecular complexity index is 435. The van der Waals surface area contributed by atoms with E-state index in [4.69, 9.17) is 10.5 Å². The Morgan fingerprint density at radius 1 is 1.42 bits per heavy atom. The van der Waals surface area contributed by atoms with E-state index in [0.29, 0.717) is 5.56 Å². The third kappa shape index (κ3) is 5.70. The van der Waals surface area contributed by atoms with E-state index in [0.717, 1.165) is 5.56 Å². The van der Waals surface area contributed by atoms with Gasteiger partial charge >= 0.3 is 6.09 Å². The van der Waals surface area contributed by atoms with Gasteiger partial charge in [-0.3, -0.25) is 0 Å². The number of carbonyl (C=O) groups excluding carboxylic acids is 1. The Morgan fingerprint density at radius 2 is 2.05 bits per heavy atom. The summed E-state index contributed by atoms with van der Waals surface area (Å²) in [4.78, 5) is 11.5. The van der Waals surface area contributed by atoms with Crippen LogP contribution in [0.4, 0.5) is 9.18 Å². The third-order valence-corrected chi connectivity index (χ3v) is 2.36. The van der Waals surface area contributed by atoms with E-state index in [1.54, 1.807) is 33.8 Å². The van der Waals surface area contributed by atoms with Crippen LogP contribution < -0.4 is 11.1 Å². The number of rotatable bonds is 3. The number of hydrogen-bond donors (Lipinski definition) is 2. The molecule has 0 aliphatic rings. The molecular formula is C14H21FN2O2. The van der Waals surface area contributed by atoms with Crippen molar-refractivity contribution in [2.45, 2.75) is 39.3 Å². The molecule has 0 heterocycles. The summed E-state index contributed by atoms with van der Waals surface area (Å²) in [6.45, 7) is 7.33. The highest BCUT2D eigenvalue weighted by molar-refractivity contribution is 5.67. The molecule has 0 fully saturated rings. The van der Waals surface area contributed by atoms with Crippen molar-refractivity contribution < 1.29 is 13.9 Å². The number of amides is 1. The molecule has 0 spiro atoms. The number of nitrogens with one attached hydrogen (secondary N) is 1. The minimum absolute atomic E-state index is 0.192. The second-order valence-electron chi connectivity index (χ2n) is 5.55. The van der Waals surface area contributed by atoms with E-state index in [9.17, 15) is 9.18 Å². The van der Waals surface area contributed by atoms with Crippen molar-refractivity contribution in [3.05, 3.63) is 35.1 Å². The summed E-state index contributed by atoms with van der Waals surface area (Å²) in [5.74, 6) is -0.331. The summed E-state index contributed by atoms with van der Waals surface area (Å²) >= 11 is 0. The maximum absolute atomic E-state index is 13.2. The van der Waals surface area contributed by atoms with Gasteiger partial charge in [-0.1, -0.05) is 6.07 Å². The van der Waals surface area contributed by atoms with Gasteiger partial charge in [-0.05, 0) is 51.0 Å². The fourth-order valence-corrected chi connectivity index (χ4v) is 1.60. The fraction of sp³-hybridized carbons (Fsp3) is 0.500. The Morgan fingerprint density at radius 3 is 2.58 bits per heavy atom. The monoisotopic (exact) mass is 268 g/mol. The van der Waals surface area contributed by atoms with Crippen LogP contribution >= 0.6 is 0 Å². The molecule has 1 amide bonds. The number of alkyl carbamates (subject to hydrolysis) is 1.